The normalized spacial score (nSPS) is 18.8. The second-order valence-corrected chi connectivity index (χ2v) is 8.70. The van der Waals surface area contributed by atoms with Gasteiger partial charge in [-0.2, -0.15) is 10.4 Å². The van der Waals surface area contributed by atoms with E-state index in [9.17, 15) is 4.21 Å². The highest BCUT2D eigenvalue weighted by Gasteiger charge is 2.23. The number of rotatable bonds is 5. The summed E-state index contributed by atoms with van der Waals surface area (Å²) < 4.78 is 22.7. The van der Waals surface area contributed by atoms with Crippen LogP contribution in [0.2, 0.25) is 5.15 Å². The fourth-order valence-electron chi connectivity index (χ4n) is 3.09. The Balaban J connectivity index is 1.69. The van der Waals surface area contributed by atoms with Gasteiger partial charge in [0.25, 0.3) is 0 Å². The fourth-order valence-corrected chi connectivity index (χ4v) is 4.28. The topological polar surface area (TPSA) is 111 Å². The van der Waals surface area contributed by atoms with Crippen LogP contribution >= 0.6 is 11.6 Å². The molecule has 2 aromatic heterocycles. The van der Waals surface area contributed by atoms with Crippen molar-refractivity contribution in [2.24, 2.45) is 5.92 Å². The minimum atomic E-state index is -2.60. The third kappa shape index (κ3) is 3.86. The molecule has 134 valence electrons. The van der Waals surface area contributed by atoms with Gasteiger partial charge >= 0.3 is 0 Å². The first-order valence-electron chi connectivity index (χ1n) is 8.01. The van der Waals surface area contributed by atoms with E-state index >= 15 is 0 Å². The summed E-state index contributed by atoms with van der Waals surface area (Å²) >= 11 is 6.23. The number of hydrogen-bond acceptors (Lipinski definition) is 6. The molecule has 0 radical (unpaired) electrons. The highest BCUT2D eigenvalue weighted by atomic mass is 35.5. The van der Waals surface area contributed by atoms with Gasteiger partial charge in [0.05, 0.1) is 11.5 Å². The van der Waals surface area contributed by atoms with E-state index < -0.39 is 9.92 Å². The first-order valence-corrected chi connectivity index (χ1v) is 10.3. The third-order valence-corrected chi connectivity index (χ3v) is 6.07. The van der Waals surface area contributed by atoms with Gasteiger partial charge in [-0.15, -0.1) is 0 Å². The van der Waals surface area contributed by atoms with Gasteiger partial charge in [-0.25, -0.2) is 23.0 Å². The smallest absolute Gasteiger partial charge is 0.162 e. The van der Waals surface area contributed by atoms with Crippen molar-refractivity contribution in [2.45, 2.75) is 19.4 Å². The molecule has 0 amide bonds. The second kappa shape index (κ2) is 7.15. The van der Waals surface area contributed by atoms with Gasteiger partial charge < -0.3 is 5.32 Å². The molecule has 1 atom stereocenters. The number of fused-ring (bicyclic) bond motifs is 1. The molecular weight excluding hydrogens is 362 g/mol. The maximum Gasteiger partial charge on any atom is 0.162 e. The Hall–Kier alpha value is -1.89. The molecule has 2 N–H and O–H groups in total. The van der Waals surface area contributed by atoms with E-state index in [2.05, 4.69) is 15.4 Å². The van der Waals surface area contributed by atoms with Crippen LogP contribution in [0.25, 0.3) is 11.0 Å². The van der Waals surface area contributed by atoms with Crippen LogP contribution in [0.4, 0.5) is 5.69 Å². The lowest BCUT2D eigenvalue weighted by Crippen LogP contribution is -2.38. The molecule has 10 heteroatoms. The molecule has 0 spiro atoms. The summed E-state index contributed by atoms with van der Waals surface area (Å²) in [6.45, 7) is 2.22. The van der Waals surface area contributed by atoms with Gasteiger partial charge in [-0.1, -0.05) is 11.6 Å². The average Bonchev–Trinajstić information content (AvgIpc) is 2.90. The highest BCUT2D eigenvalue weighted by Crippen LogP contribution is 2.29. The molecule has 0 saturated carbocycles. The molecule has 0 unspecified atom stereocenters. The summed E-state index contributed by atoms with van der Waals surface area (Å²) in [7, 11) is -2.60. The Labute approximate surface area is 151 Å². The number of nitrogens with zero attached hydrogens (tertiary/aromatic N) is 5. The maximum atomic E-state index is 11.8. The minimum Gasteiger partial charge on any atom is -0.384 e. The molecule has 8 nitrogen and oxygen atoms in total. The van der Waals surface area contributed by atoms with Crippen LogP contribution in [-0.4, -0.2) is 49.2 Å². The summed E-state index contributed by atoms with van der Waals surface area (Å²) in [6, 6.07) is 3.90. The number of nitrogens with one attached hydrogen (secondary N) is 2. The van der Waals surface area contributed by atoms with Crippen LogP contribution in [0.15, 0.2) is 12.3 Å². The van der Waals surface area contributed by atoms with Gasteiger partial charge in [0, 0.05) is 37.8 Å². The molecule has 1 saturated heterocycles. The van der Waals surface area contributed by atoms with Crippen molar-refractivity contribution < 1.29 is 4.21 Å². The second-order valence-electron chi connectivity index (χ2n) is 6.22. The van der Waals surface area contributed by atoms with Crippen molar-refractivity contribution in [3.05, 3.63) is 17.4 Å². The van der Waals surface area contributed by atoms with Crippen LogP contribution in [0.5, 0.6) is 0 Å². The van der Waals surface area contributed by atoms with E-state index in [0.29, 0.717) is 29.8 Å². The van der Waals surface area contributed by atoms with Gasteiger partial charge in [0.15, 0.2) is 10.8 Å². The first-order chi connectivity index (χ1) is 11.9. The van der Waals surface area contributed by atoms with E-state index in [1.165, 1.54) is 10.9 Å². The van der Waals surface area contributed by atoms with Crippen LogP contribution in [0, 0.1) is 22.0 Å². The van der Waals surface area contributed by atoms with Crippen molar-refractivity contribution in [1.82, 2.24) is 19.1 Å². The highest BCUT2D eigenvalue weighted by molar-refractivity contribution is 7.89. The Morgan fingerprint density at radius 1 is 1.52 bits per heavy atom. The van der Waals surface area contributed by atoms with Crippen LogP contribution in [0.1, 0.15) is 12.8 Å². The van der Waals surface area contributed by atoms with Crippen molar-refractivity contribution in [1.29, 1.82) is 10.0 Å². The van der Waals surface area contributed by atoms with Gasteiger partial charge in [-0.05, 0) is 24.8 Å². The lowest BCUT2D eigenvalue weighted by atomic mass is 9.98. The predicted octanol–water partition coefficient (Wildman–Crippen LogP) is 2.32. The SMILES string of the molecule is C[S@@](=N)(=O)N1CCC(CNc2ccnc3c2c(Cl)nn3CC#N)CC1. The number of aromatic nitrogens is 3. The molecule has 1 aliphatic rings. The zero-order valence-corrected chi connectivity index (χ0v) is 15.5. The van der Waals surface area contributed by atoms with E-state index in [1.54, 1.807) is 10.5 Å². The third-order valence-electron chi connectivity index (χ3n) is 4.46. The Kier molecular flexibility index (Phi) is 5.13. The molecule has 0 aromatic carbocycles. The number of anilines is 1. The zero-order chi connectivity index (χ0) is 18.0. The van der Waals surface area contributed by atoms with Crippen molar-refractivity contribution >= 4 is 38.2 Å². The molecule has 1 fully saturated rings. The van der Waals surface area contributed by atoms with Crippen molar-refractivity contribution in [2.75, 3.05) is 31.2 Å². The largest absolute Gasteiger partial charge is 0.384 e. The number of piperidine rings is 1. The fraction of sp³-hybridized carbons (Fsp3) is 0.533. The van der Waals surface area contributed by atoms with Crippen LogP contribution in [0.3, 0.4) is 0 Å². The van der Waals surface area contributed by atoms with E-state index in [-0.39, 0.29) is 6.54 Å². The number of nitriles is 1. The minimum absolute atomic E-state index is 0.0988. The lowest BCUT2D eigenvalue weighted by Gasteiger charge is -2.31. The van der Waals surface area contributed by atoms with E-state index in [0.717, 1.165) is 30.5 Å². The zero-order valence-electron chi connectivity index (χ0n) is 13.9. The molecule has 1 aliphatic heterocycles. The Morgan fingerprint density at radius 2 is 2.24 bits per heavy atom. The monoisotopic (exact) mass is 381 g/mol. The summed E-state index contributed by atoms with van der Waals surface area (Å²) in [5.74, 6) is 0.439. The summed E-state index contributed by atoms with van der Waals surface area (Å²) in [6.07, 6.45) is 4.93. The molecular formula is C15H20ClN7OS. The Morgan fingerprint density at radius 3 is 2.88 bits per heavy atom. The van der Waals surface area contributed by atoms with E-state index in [4.69, 9.17) is 21.6 Å². The molecule has 0 aliphatic carbocycles. The summed E-state index contributed by atoms with van der Waals surface area (Å²) in [5.41, 5.74) is 1.44. The van der Waals surface area contributed by atoms with Gasteiger partial charge in [-0.3, -0.25) is 0 Å². The molecule has 0 bridgehead atoms. The molecule has 2 aromatic rings. The van der Waals surface area contributed by atoms with Gasteiger partial charge in [0.2, 0.25) is 0 Å². The number of halogens is 1. The molecule has 3 rings (SSSR count). The number of hydrogen-bond donors (Lipinski definition) is 2. The molecule has 25 heavy (non-hydrogen) atoms. The quantitative estimate of drug-likeness (QED) is 0.825. The van der Waals surface area contributed by atoms with E-state index in [1.807, 2.05) is 12.1 Å². The standard InChI is InChI=1S/C15H20ClN7OS/c1-25(18,24)22-7-3-11(4-8-22)10-20-12-2-6-19-15-13(12)14(16)21-23(15)9-5-17/h2,6,11,18H,3-4,7-10H2,1H3,(H,19,20)/t25-/m0/s1. The maximum absolute atomic E-state index is 11.8. The molecule has 3 heterocycles. The number of pyridine rings is 1. The predicted molar refractivity (Wildman–Crippen MR) is 97.7 cm³/mol. The average molecular weight is 382 g/mol. The lowest BCUT2D eigenvalue weighted by molar-refractivity contribution is 0.291. The van der Waals surface area contributed by atoms with Crippen molar-refractivity contribution in [3.63, 3.8) is 0 Å². The summed E-state index contributed by atoms with van der Waals surface area (Å²) in [4.78, 5) is 4.28. The Bertz CT molecular complexity index is 910. The van der Waals surface area contributed by atoms with Crippen LogP contribution in [-0.2, 0) is 16.5 Å². The summed E-state index contributed by atoms with van der Waals surface area (Å²) in [5, 5.41) is 17.5. The van der Waals surface area contributed by atoms with Crippen LogP contribution < -0.4 is 5.32 Å². The first kappa shape index (κ1) is 17.9. The van der Waals surface area contributed by atoms with Crippen molar-refractivity contribution in [3.8, 4) is 6.07 Å². The van der Waals surface area contributed by atoms with Gasteiger partial charge in [0.1, 0.15) is 16.5 Å².